The molecule has 0 saturated carbocycles. The van der Waals surface area contributed by atoms with E-state index in [0.717, 1.165) is 13.3 Å². The molecule has 0 fully saturated rings. The molecule has 5 amide bonds. The molecule has 0 saturated heterocycles. The molecule has 0 aliphatic carbocycles. The minimum Gasteiger partial charge on any atom is -0.480 e. The SMILES string of the molecule is C=CC(=O)C(CCCCNC(=O)CCC(NC(=O)CCC(NC(=O)CCC(NC(=O)CCC(NC(C)=O)C(=O)O)C(=O)O)C(=O)O)C(=O)O)NCCC. The molecular weight excluding hydrogens is 704 g/mol. The first-order valence-electron chi connectivity index (χ1n) is 17.1. The fourth-order valence-corrected chi connectivity index (χ4v) is 4.77. The summed E-state index contributed by atoms with van der Waals surface area (Å²) in [6.07, 6.45) is 0.515. The fraction of sp³-hybridized carbons (Fsp3) is 0.636. The largest absolute Gasteiger partial charge is 0.480 e. The standard InChI is InChI=1S/C33H52N6O14/c1-4-17-34-20(25(41)5-2)8-6-7-18-35-26(42)13-9-22(31(48)49)37-28(44)15-11-24(33(52)53)39-29(45)16-12-23(32(50)51)38-27(43)14-10-21(30(46)47)36-19(3)40/h5,20-24,34H,2,4,6-18H2,1,3H3,(H,35,42)(H,36,40)(H,37,44)(H,38,43)(H,39,45)(H,46,47)(H,48,49)(H,50,51)(H,52,53). The van der Waals surface area contributed by atoms with Crippen LogP contribution in [0.25, 0.3) is 0 Å². The summed E-state index contributed by atoms with van der Waals surface area (Å²) in [7, 11) is 0. The second-order valence-electron chi connectivity index (χ2n) is 12.1. The Kier molecular flexibility index (Phi) is 23.7. The lowest BCUT2D eigenvalue weighted by Gasteiger charge is -2.18. The van der Waals surface area contributed by atoms with Gasteiger partial charge in [0.1, 0.15) is 24.2 Å². The van der Waals surface area contributed by atoms with Crippen LogP contribution in [0, 0.1) is 0 Å². The molecule has 5 atom stereocenters. The van der Waals surface area contributed by atoms with Crippen molar-refractivity contribution in [3.63, 3.8) is 0 Å². The molecule has 0 spiro atoms. The van der Waals surface area contributed by atoms with Gasteiger partial charge in [0.15, 0.2) is 5.78 Å². The quantitative estimate of drug-likeness (QED) is 0.0304. The average molecular weight is 757 g/mol. The van der Waals surface area contributed by atoms with Gasteiger partial charge in [-0.2, -0.15) is 0 Å². The Labute approximate surface area is 306 Å². The van der Waals surface area contributed by atoms with Crippen LogP contribution in [0.2, 0.25) is 0 Å². The first-order chi connectivity index (χ1) is 24.9. The lowest BCUT2D eigenvalue weighted by atomic mass is 10.0. The van der Waals surface area contributed by atoms with Crippen LogP contribution in [0.4, 0.5) is 0 Å². The van der Waals surface area contributed by atoms with Crippen molar-refractivity contribution in [1.29, 1.82) is 0 Å². The zero-order valence-electron chi connectivity index (χ0n) is 29.9. The van der Waals surface area contributed by atoms with E-state index in [1.54, 1.807) is 0 Å². The number of ketones is 1. The Morgan fingerprint density at radius 3 is 1.25 bits per heavy atom. The smallest absolute Gasteiger partial charge is 0.326 e. The second-order valence-corrected chi connectivity index (χ2v) is 12.1. The van der Waals surface area contributed by atoms with Gasteiger partial charge in [0.25, 0.3) is 0 Å². The van der Waals surface area contributed by atoms with Crippen LogP contribution >= 0.6 is 0 Å². The van der Waals surface area contributed by atoms with E-state index in [4.69, 9.17) is 5.11 Å². The molecule has 5 unspecified atom stereocenters. The molecule has 0 aromatic rings. The molecule has 20 nitrogen and oxygen atoms in total. The summed E-state index contributed by atoms with van der Waals surface area (Å²) in [5, 5.41) is 51.9. The molecule has 20 heteroatoms. The highest BCUT2D eigenvalue weighted by molar-refractivity contribution is 5.93. The van der Waals surface area contributed by atoms with Crippen molar-refractivity contribution in [2.75, 3.05) is 13.1 Å². The molecule has 10 N–H and O–H groups in total. The number of hydrogen-bond donors (Lipinski definition) is 10. The van der Waals surface area contributed by atoms with Crippen LogP contribution in [-0.4, -0.2) is 123 Å². The molecule has 0 aliphatic heterocycles. The third-order valence-corrected chi connectivity index (χ3v) is 7.64. The second kappa shape index (κ2) is 26.4. The molecular formula is C33H52N6O14. The van der Waals surface area contributed by atoms with Crippen molar-refractivity contribution in [2.45, 2.75) is 121 Å². The summed E-state index contributed by atoms with van der Waals surface area (Å²) in [6.45, 7) is 7.51. The summed E-state index contributed by atoms with van der Waals surface area (Å²) in [5.74, 6) is -9.78. The number of amides is 5. The van der Waals surface area contributed by atoms with Crippen LogP contribution in [0.3, 0.4) is 0 Å². The Morgan fingerprint density at radius 1 is 0.528 bits per heavy atom. The fourth-order valence-electron chi connectivity index (χ4n) is 4.77. The van der Waals surface area contributed by atoms with E-state index in [2.05, 4.69) is 38.5 Å². The van der Waals surface area contributed by atoms with Gasteiger partial charge in [0.05, 0.1) is 6.04 Å². The number of rotatable bonds is 30. The summed E-state index contributed by atoms with van der Waals surface area (Å²) >= 11 is 0. The van der Waals surface area contributed by atoms with E-state index < -0.39 is 110 Å². The van der Waals surface area contributed by atoms with Crippen LogP contribution in [0.15, 0.2) is 12.7 Å². The third-order valence-electron chi connectivity index (χ3n) is 7.64. The maximum absolute atomic E-state index is 12.5. The molecule has 0 heterocycles. The lowest BCUT2D eigenvalue weighted by Crippen LogP contribution is -2.45. The normalized spacial score (nSPS) is 13.5. The number of hydrogen-bond acceptors (Lipinski definition) is 11. The summed E-state index contributed by atoms with van der Waals surface area (Å²) in [4.78, 5) is 119. The first kappa shape index (κ1) is 47.6. The zero-order valence-corrected chi connectivity index (χ0v) is 29.9. The van der Waals surface area contributed by atoms with Crippen LogP contribution in [0.5, 0.6) is 0 Å². The van der Waals surface area contributed by atoms with E-state index in [1.165, 1.54) is 6.08 Å². The Morgan fingerprint density at radius 2 is 0.906 bits per heavy atom. The predicted octanol–water partition coefficient (Wildman–Crippen LogP) is -1.19. The van der Waals surface area contributed by atoms with E-state index in [1.807, 2.05) is 6.92 Å². The number of carboxylic acid groups (broad SMARTS) is 4. The molecule has 53 heavy (non-hydrogen) atoms. The van der Waals surface area contributed by atoms with E-state index >= 15 is 0 Å². The van der Waals surface area contributed by atoms with Gasteiger partial charge in [-0.3, -0.25) is 28.8 Å². The van der Waals surface area contributed by atoms with E-state index in [-0.39, 0.29) is 37.6 Å². The van der Waals surface area contributed by atoms with Gasteiger partial charge >= 0.3 is 23.9 Å². The van der Waals surface area contributed by atoms with Gasteiger partial charge in [0.2, 0.25) is 29.5 Å². The van der Waals surface area contributed by atoms with Crippen molar-refractivity contribution in [3.05, 3.63) is 12.7 Å². The van der Waals surface area contributed by atoms with Crippen molar-refractivity contribution in [2.24, 2.45) is 0 Å². The highest BCUT2D eigenvalue weighted by Gasteiger charge is 2.27. The summed E-state index contributed by atoms with van der Waals surface area (Å²) < 4.78 is 0. The molecule has 0 radical (unpaired) electrons. The van der Waals surface area contributed by atoms with Crippen molar-refractivity contribution in [3.8, 4) is 0 Å². The van der Waals surface area contributed by atoms with Crippen molar-refractivity contribution >= 4 is 59.2 Å². The van der Waals surface area contributed by atoms with Gasteiger partial charge in [-0.1, -0.05) is 13.5 Å². The number of carbonyl (C=O) groups is 10. The Bertz CT molecular complexity index is 1320. The van der Waals surface area contributed by atoms with Crippen LogP contribution < -0.4 is 31.9 Å². The van der Waals surface area contributed by atoms with Crippen LogP contribution in [0.1, 0.15) is 90.9 Å². The Balaban J connectivity index is 4.80. The summed E-state index contributed by atoms with van der Waals surface area (Å²) in [5.41, 5.74) is 0. The topological polar surface area (TPSA) is 324 Å². The minimum atomic E-state index is -1.62. The number of aliphatic carboxylic acids is 4. The first-order valence-corrected chi connectivity index (χ1v) is 17.1. The molecule has 0 bridgehead atoms. The van der Waals surface area contributed by atoms with Crippen molar-refractivity contribution < 1.29 is 68.4 Å². The Hall–Kier alpha value is -5.40. The molecule has 0 rings (SSSR count). The maximum atomic E-state index is 12.5. The molecule has 298 valence electrons. The molecule has 0 aromatic heterocycles. The maximum Gasteiger partial charge on any atom is 0.326 e. The highest BCUT2D eigenvalue weighted by atomic mass is 16.4. The zero-order chi connectivity index (χ0) is 40.5. The number of carboxylic acids is 4. The van der Waals surface area contributed by atoms with Gasteiger partial charge in [-0.25, -0.2) is 19.2 Å². The third kappa shape index (κ3) is 22.2. The minimum absolute atomic E-state index is 0.117. The van der Waals surface area contributed by atoms with Gasteiger partial charge in [0, 0.05) is 39.2 Å². The van der Waals surface area contributed by atoms with Gasteiger partial charge in [-0.15, -0.1) is 0 Å². The van der Waals surface area contributed by atoms with E-state index in [9.17, 15) is 63.3 Å². The van der Waals surface area contributed by atoms with Gasteiger partial charge in [-0.05, 0) is 64.0 Å². The highest BCUT2D eigenvalue weighted by Crippen LogP contribution is 2.07. The van der Waals surface area contributed by atoms with Crippen LogP contribution in [-0.2, 0) is 47.9 Å². The molecule has 0 aromatic carbocycles. The number of carbonyl (C=O) groups excluding carboxylic acids is 6. The predicted molar refractivity (Wildman–Crippen MR) is 185 cm³/mol. The van der Waals surface area contributed by atoms with Crippen molar-refractivity contribution in [1.82, 2.24) is 31.9 Å². The number of nitrogens with one attached hydrogen (secondary N) is 6. The average Bonchev–Trinajstić information content (AvgIpc) is 3.08. The molecule has 0 aliphatic rings. The van der Waals surface area contributed by atoms with Gasteiger partial charge < -0.3 is 52.3 Å². The summed E-state index contributed by atoms with van der Waals surface area (Å²) in [6, 6.07) is -6.43. The van der Waals surface area contributed by atoms with E-state index in [0.29, 0.717) is 25.8 Å². The monoisotopic (exact) mass is 756 g/mol. The lowest BCUT2D eigenvalue weighted by molar-refractivity contribution is -0.144. The number of unbranched alkanes of at least 4 members (excludes halogenated alkanes) is 1.